The lowest BCUT2D eigenvalue weighted by molar-refractivity contribution is -0.157. The van der Waals surface area contributed by atoms with Gasteiger partial charge in [-0.3, -0.25) is 4.79 Å². The number of ether oxygens (including phenoxy) is 2. The second-order valence-electron chi connectivity index (χ2n) is 9.73. The zero-order valence-corrected chi connectivity index (χ0v) is 21.1. The van der Waals surface area contributed by atoms with E-state index in [1.54, 1.807) is 20.8 Å². The Balaban J connectivity index is 1.28. The molecule has 0 fully saturated rings. The molecule has 1 aromatic heterocycles. The van der Waals surface area contributed by atoms with E-state index in [1.165, 1.54) is 15.9 Å². The van der Waals surface area contributed by atoms with Gasteiger partial charge in [-0.15, -0.1) is 15.0 Å². The Labute approximate surface area is 212 Å². The Hall–Kier alpha value is -4.00. The van der Waals surface area contributed by atoms with Crippen molar-refractivity contribution in [3.63, 3.8) is 0 Å². The Morgan fingerprint density at radius 2 is 1.58 bits per heavy atom. The normalized spacial score (nSPS) is 11.3. The van der Waals surface area contributed by atoms with Crippen LogP contribution in [0.3, 0.4) is 0 Å². The van der Waals surface area contributed by atoms with Crippen molar-refractivity contribution >= 4 is 5.97 Å². The van der Waals surface area contributed by atoms with Crippen LogP contribution < -0.4 is 4.74 Å². The van der Waals surface area contributed by atoms with Gasteiger partial charge in [0.1, 0.15) is 12.4 Å². The molecule has 36 heavy (non-hydrogen) atoms. The molecule has 0 atom stereocenters. The summed E-state index contributed by atoms with van der Waals surface area (Å²) < 4.78 is 11.3. The maximum atomic E-state index is 11.9. The summed E-state index contributed by atoms with van der Waals surface area (Å²) in [7, 11) is 0. The summed E-state index contributed by atoms with van der Waals surface area (Å²) in [5, 5.41) is 12.4. The number of benzene rings is 3. The summed E-state index contributed by atoms with van der Waals surface area (Å²) in [6, 6.07) is 26.6. The number of nitrogens with zero attached hydrogens (tertiary/aromatic N) is 4. The SMILES string of the molecule is CC(C)(C)C(=O)OCn1nnc(-c2ccc(CCCc3ccccc3OCc3ccccc3)cc2)n1. The first kappa shape index (κ1) is 25.1. The predicted molar refractivity (Wildman–Crippen MR) is 138 cm³/mol. The predicted octanol–water partition coefficient (Wildman–Crippen LogP) is 5.64. The number of rotatable bonds is 10. The van der Waals surface area contributed by atoms with Gasteiger partial charge in [0, 0.05) is 5.56 Å². The van der Waals surface area contributed by atoms with Gasteiger partial charge in [-0.05, 0) is 68.0 Å². The first-order valence-corrected chi connectivity index (χ1v) is 12.2. The van der Waals surface area contributed by atoms with Gasteiger partial charge in [0.05, 0.1) is 5.41 Å². The summed E-state index contributed by atoms with van der Waals surface area (Å²) in [5.74, 6) is 1.13. The topological polar surface area (TPSA) is 79.1 Å². The third-order valence-electron chi connectivity index (χ3n) is 5.71. The Morgan fingerprint density at radius 1 is 0.861 bits per heavy atom. The molecule has 0 aliphatic heterocycles. The van der Waals surface area contributed by atoms with Crippen LogP contribution in [0.1, 0.15) is 43.9 Å². The molecule has 0 N–H and O–H groups in total. The van der Waals surface area contributed by atoms with Crippen molar-refractivity contribution in [1.29, 1.82) is 0 Å². The highest BCUT2D eigenvalue weighted by Gasteiger charge is 2.23. The summed E-state index contributed by atoms with van der Waals surface area (Å²) in [4.78, 5) is 13.2. The maximum Gasteiger partial charge on any atom is 0.313 e. The van der Waals surface area contributed by atoms with E-state index >= 15 is 0 Å². The third-order valence-corrected chi connectivity index (χ3v) is 5.71. The number of tetrazole rings is 1. The summed E-state index contributed by atoms with van der Waals surface area (Å²) in [6.07, 6.45) is 2.91. The van der Waals surface area contributed by atoms with Crippen LogP contribution in [0.25, 0.3) is 11.4 Å². The number of para-hydroxylation sites is 1. The minimum atomic E-state index is -0.573. The van der Waals surface area contributed by atoms with Crippen LogP contribution in [-0.2, 0) is 35.7 Å². The van der Waals surface area contributed by atoms with Crippen LogP contribution in [0, 0.1) is 5.41 Å². The summed E-state index contributed by atoms with van der Waals surface area (Å²) >= 11 is 0. The number of aromatic nitrogens is 4. The van der Waals surface area contributed by atoms with Gasteiger partial charge in [-0.1, -0.05) is 72.8 Å². The molecule has 0 bridgehead atoms. The summed E-state index contributed by atoms with van der Waals surface area (Å²) in [6.45, 7) is 5.91. The second-order valence-corrected chi connectivity index (χ2v) is 9.73. The van der Waals surface area contributed by atoms with E-state index in [4.69, 9.17) is 9.47 Å². The molecule has 0 amide bonds. The lowest BCUT2D eigenvalue weighted by atomic mass is 9.98. The van der Waals surface area contributed by atoms with Crippen molar-refractivity contribution in [3.8, 4) is 17.1 Å². The minimum Gasteiger partial charge on any atom is -0.489 e. The van der Waals surface area contributed by atoms with Crippen LogP contribution in [0.5, 0.6) is 5.75 Å². The molecule has 0 spiro atoms. The fourth-order valence-electron chi connectivity index (χ4n) is 3.64. The van der Waals surface area contributed by atoms with Crippen molar-refractivity contribution in [2.24, 2.45) is 5.41 Å². The van der Waals surface area contributed by atoms with Crippen molar-refractivity contribution < 1.29 is 14.3 Å². The van der Waals surface area contributed by atoms with Gasteiger partial charge < -0.3 is 9.47 Å². The van der Waals surface area contributed by atoms with Crippen LogP contribution in [0.2, 0.25) is 0 Å². The quantitative estimate of drug-likeness (QED) is 0.271. The van der Waals surface area contributed by atoms with Crippen molar-refractivity contribution in [2.45, 2.75) is 53.4 Å². The Morgan fingerprint density at radius 3 is 2.33 bits per heavy atom. The maximum absolute atomic E-state index is 11.9. The van der Waals surface area contributed by atoms with E-state index in [2.05, 4.69) is 51.8 Å². The highest BCUT2D eigenvalue weighted by molar-refractivity contribution is 5.75. The Bertz CT molecular complexity index is 1260. The summed E-state index contributed by atoms with van der Waals surface area (Å²) in [5.41, 5.74) is 3.92. The number of esters is 1. The molecule has 4 rings (SSSR count). The highest BCUT2D eigenvalue weighted by atomic mass is 16.5. The molecular weight excluding hydrogens is 452 g/mol. The van der Waals surface area contributed by atoms with Gasteiger partial charge in [0.2, 0.25) is 12.6 Å². The highest BCUT2D eigenvalue weighted by Crippen LogP contribution is 2.22. The number of hydrogen-bond acceptors (Lipinski definition) is 6. The largest absolute Gasteiger partial charge is 0.489 e. The fraction of sp³-hybridized carbons (Fsp3) is 0.310. The lowest BCUT2D eigenvalue weighted by Gasteiger charge is -2.15. The molecule has 0 radical (unpaired) electrons. The standard InChI is InChI=1S/C29H32N4O3/c1-29(2,3)28(34)36-21-33-31-27(30-32-33)25-18-16-22(17-19-25)12-9-14-24-13-7-8-15-26(24)35-20-23-10-5-4-6-11-23/h4-8,10-11,13,15-19H,9,12,14,20-21H2,1-3H3. The molecule has 0 saturated carbocycles. The smallest absolute Gasteiger partial charge is 0.313 e. The lowest BCUT2D eigenvalue weighted by Crippen LogP contribution is -2.24. The van der Waals surface area contributed by atoms with E-state index in [0.717, 1.165) is 36.1 Å². The number of hydrogen-bond donors (Lipinski definition) is 0. The van der Waals surface area contributed by atoms with Gasteiger partial charge in [-0.2, -0.15) is 0 Å². The van der Waals surface area contributed by atoms with Gasteiger partial charge >= 0.3 is 5.97 Å². The van der Waals surface area contributed by atoms with E-state index in [9.17, 15) is 4.79 Å². The molecule has 1 heterocycles. The van der Waals surface area contributed by atoms with Crippen LogP contribution in [0.4, 0.5) is 0 Å². The van der Waals surface area contributed by atoms with E-state index in [-0.39, 0.29) is 12.7 Å². The zero-order chi connectivity index (χ0) is 25.4. The molecular formula is C29H32N4O3. The molecule has 0 unspecified atom stereocenters. The Kier molecular flexibility index (Phi) is 8.10. The van der Waals surface area contributed by atoms with E-state index < -0.39 is 5.41 Å². The average Bonchev–Trinajstić information content (AvgIpc) is 3.36. The van der Waals surface area contributed by atoms with E-state index in [0.29, 0.717) is 12.4 Å². The second kappa shape index (κ2) is 11.6. The average molecular weight is 485 g/mol. The molecule has 4 aromatic rings. The van der Waals surface area contributed by atoms with Crippen molar-refractivity contribution in [3.05, 3.63) is 95.6 Å². The van der Waals surface area contributed by atoms with Gasteiger partial charge in [0.25, 0.3) is 0 Å². The van der Waals surface area contributed by atoms with Crippen LogP contribution in [-0.4, -0.2) is 26.2 Å². The molecule has 0 saturated heterocycles. The molecule has 0 aliphatic carbocycles. The minimum absolute atomic E-state index is 0.0578. The monoisotopic (exact) mass is 484 g/mol. The van der Waals surface area contributed by atoms with Gasteiger partial charge in [-0.25, -0.2) is 0 Å². The molecule has 7 nitrogen and oxygen atoms in total. The first-order chi connectivity index (χ1) is 17.4. The van der Waals surface area contributed by atoms with Gasteiger partial charge in [0.15, 0.2) is 0 Å². The zero-order valence-electron chi connectivity index (χ0n) is 21.1. The fourth-order valence-corrected chi connectivity index (χ4v) is 3.64. The van der Waals surface area contributed by atoms with E-state index in [1.807, 2.05) is 42.5 Å². The van der Waals surface area contributed by atoms with Crippen LogP contribution >= 0.6 is 0 Å². The molecule has 0 aliphatic rings. The number of carbonyl (C=O) groups excluding carboxylic acids is 1. The number of aryl methyl sites for hydroxylation is 2. The third kappa shape index (κ3) is 7.01. The van der Waals surface area contributed by atoms with Crippen LogP contribution in [0.15, 0.2) is 78.9 Å². The number of carbonyl (C=O) groups is 1. The molecule has 3 aromatic carbocycles. The molecule has 186 valence electrons. The molecule has 7 heteroatoms. The van der Waals surface area contributed by atoms with Crippen molar-refractivity contribution in [2.75, 3.05) is 0 Å². The van der Waals surface area contributed by atoms with Crippen molar-refractivity contribution in [1.82, 2.24) is 20.2 Å². The first-order valence-electron chi connectivity index (χ1n) is 12.2.